The van der Waals surface area contributed by atoms with E-state index in [4.69, 9.17) is 5.84 Å². The van der Waals surface area contributed by atoms with E-state index in [9.17, 15) is 8.78 Å². The van der Waals surface area contributed by atoms with Crippen LogP contribution in [0.15, 0.2) is 36.7 Å². The SMILES string of the molecule is NNc1nccnc1-c1ccc(OC(F)F)cc1. The number of halogens is 2. The third kappa shape index (κ3) is 2.69. The maximum absolute atomic E-state index is 12.0. The first-order valence-corrected chi connectivity index (χ1v) is 5.03. The fraction of sp³-hybridized carbons (Fsp3) is 0.0909. The summed E-state index contributed by atoms with van der Waals surface area (Å²) in [6.45, 7) is -2.84. The number of benzene rings is 1. The van der Waals surface area contributed by atoms with Gasteiger partial charge in [-0.3, -0.25) is 4.98 Å². The normalized spacial score (nSPS) is 10.4. The predicted octanol–water partition coefficient (Wildman–Crippen LogP) is 2.03. The molecule has 3 N–H and O–H groups in total. The molecule has 0 saturated carbocycles. The lowest BCUT2D eigenvalue weighted by Gasteiger charge is -2.08. The summed E-state index contributed by atoms with van der Waals surface area (Å²) in [6, 6.07) is 6.05. The minimum atomic E-state index is -2.84. The Bertz CT molecular complexity index is 519. The average molecular weight is 252 g/mol. The Hall–Kier alpha value is -2.28. The first-order valence-electron chi connectivity index (χ1n) is 5.03. The van der Waals surface area contributed by atoms with Crippen LogP contribution in [0.2, 0.25) is 0 Å². The van der Waals surface area contributed by atoms with E-state index < -0.39 is 6.61 Å². The molecule has 0 fully saturated rings. The van der Waals surface area contributed by atoms with Crippen LogP contribution in [0, 0.1) is 0 Å². The van der Waals surface area contributed by atoms with Gasteiger partial charge in [0.15, 0.2) is 5.82 Å². The predicted molar refractivity (Wildman–Crippen MR) is 61.9 cm³/mol. The molecule has 0 amide bonds. The van der Waals surface area contributed by atoms with Gasteiger partial charge in [0.25, 0.3) is 0 Å². The second kappa shape index (κ2) is 5.37. The van der Waals surface area contributed by atoms with E-state index in [1.807, 2.05) is 0 Å². The van der Waals surface area contributed by atoms with Gasteiger partial charge in [-0.05, 0) is 24.3 Å². The molecule has 0 aliphatic carbocycles. The number of hydrogen-bond acceptors (Lipinski definition) is 5. The number of alkyl halides is 2. The van der Waals surface area contributed by atoms with E-state index in [1.165, 1.54) is 24.5 Å². The van der Waals surface area contributed by atoms with Crippen molar-refractivity contribution in [2.45, 2.75) is 6.61 Å². The first-order chi connectivity index (χ1) is 8.70. The van der Waals surface area contributed by atoms with Gasteiger partial charge in [-0.25, -0.2) is 10.8 Å². The van der Waals surface area contributed by atoms with E-state index in [2.05, 4.69) is 20.1 Å². The summed E-state index contributed by atoms with van der Waals surface area (Å²) >= 11 is 0. The van der Waals surface area contributed by atoms with Gasteiger partial charge in [-0.15, -0.1) is 0 Å². The van der Waals surface area contributed by atoms with Crippen molar-refractivity contribution in [3.8, 4) is 17.0 Å². The smallest absolute Gasteiger partial charge is 0.387 e. The van der Waals surface area contributed by atoms with E-state index in [0.717, 1.165) is 0 Å². The molecule has 0 saturated heterocycles. The summed E-state index contributed by atoms with van der Waals surface area (Å²) in [5.74, 6) is 5.79. The monoisotopic (exact) mass is 252 g/mol. The van der Waals surface area contributed by atoms with Crippen LogP contribution < -0.4 is 16.0 Å². The number of aromatic nitrogens is 2. The molecule has 1 aromatic carbocycles. The lowest BCUT2D eigenvalue weighted by molar-refractivity contribution is -0.0498. The highest BCUT2D eigenvalue weighted by Crippen LogP contribution is 2.25. The highest BCUT2D eigenvalue weighted by molar-refractivity contribution is 5.71. The number of rotatable bonds is 4. The van der Waals surface area contributed by atoms with Gasteiger partial charge < -0.3 is 10.2 Å². The lowest BCUT2D eigenvalue weighted by atomic mass is 10.1. The van der Waals surface area contributed by atoms with Crippen molar-refractivity contribution in [1.82, 2.24) is 9.97 Å². The molecule has 5 nitrogen and oxygen atoms in total. The minimum Gasteiger partial charge on any atom is -0.435 e. The van der Waals surface area contributed by atoms with Crippen molar-refractivity contribution in [3.63, 3.8) is 0 Å². The molecule has 0 bridgehead atoms. The molecule has 0 aliphatic rings. The van der Waals surface area contributed by atoms with E-state index in [1.54, 1.807) is 12.1 Å². The standard InChI is InChI=1S/C11H10F2N4O/c12-11(13)18-8-3-1-7(2-4-8)9-10(17-14)16-6-5-15-9/h1-6,11H,14H2,(H,16,17). The van der Waals surface area contributed by atoms with Crippen molar-refractivity contribution in [2.75, 3.05) is 5.43 Å². The van der Waals surface area contributed by atoms with Crippen molar-refractivity contribution in [2.24, 2.45) is 5.84 Å². The largest absolute Gasteiger partial charge is 0.435 e. The number of hydrogen-bond donors (Lipinski definition) is 2. The second-order valence-electron chi connectivity index (χ2n) is 3.30. The van der Waals surface area contributed by atoms with Crippen LogP contribution in [-0.2, 0) is 0 Å². The Balaban J connectivity index is 2.28. The highest BCUT2D eigenvalue weighted by Gasteiger charge is 2.08. The Morgan fingerprint density at radius 3 is 2.39 bits per heavy atom. The van der Waals surface area contributed by atoms with Gasteiger partial charge >= 0.3 is 6.61 Å². The van der Waals surface area contributed by atoms with Crippen molar-refractivity contribution < 1.29 is 13.5 Å². The Labute approximate surface area is 102 Å². The molecule has 2 rings (SSSR count). The Kier molecular flexibility index (Phi) is 3.63. The molecule has 94 valence electrons. The van der Waals surface area contributed by atoms with Crippen LogP contribution in [0.5, 0.6) is 5.75 Å². The summed E-state index contributed by atoms with van der Waals surface area (Å²) < 4.78 is 28.2. The first kappa shape index (κ1) is 12.2. The molecular weight excluding hydrogens is 242 g/mol. The number of nitrogens with two attached hydrogens (primary N) is 1. The second-order valence-corrected chi connectivity index (χ2v) is 3.30. The summed E-state index contributed by atoms with van der Waals surface area (Å²) in [5.41, 5.74) is 3.64. The summed E-state index contributed by atoms with van der Waals surface area (Å²) in [5, 5.41) is 0. The molecule has 18 heavy (non-hydrogen) atoms. The summed E-state index contributed by atoms with van der Waals surface area (Å²) in [4.78, 5) is 8.11. The van der Waals surface area contributed by atoms with Gasteiger partial charge in [-0.2, -0.15) is 8.78 Å². The third-order valence-electron chi connectivity index (χ3n) is 2.19. The zero-order chi connectivity index (χ0) is 13.0. The average Bonchev–Trinajstić information content (AvgIpc) is 2.39. The van der Waals surface area contributed by atoms with Gasteiger partial charge in [0.2, 0.25) is 0 Å². The molecule has 7 heteroatoms. The third-order valence-corrected chi connectivity index (χ3v) is 2.19. The Morgan fingerprint density at radius 1 is 1.11 bits per heavy atom. The van der Waals surface area contributed by atoms with Crippen LogP contribution in [0.3, 0.4) is 0 Å². The number of nitrogens with zero attached hydrogens (tertiary/aromatic N) is 2. The van der Waals surface area contributed by atoms with E-state index >= 15 is 0 Å². The number of nitrogens with one attached hydrogen (secondary N) is 1. The van der Waals surface area contributed by atoms with Gasteiger partial charge in [0.05, 0.1) is 0 Å². The van der Waals surface area contributed by atoms with Crippen molar-refractivity contribution >= 4 is 5.82 Å². The highest BCUT2D eigenvalue weighted by atomic mass is 19.3. The molecule has 0 aliphatic heterocycles. The fourth-order valence-electron chi connectivity index (χ4n) is 1.45. The number of ether oxygens (including phenoxy) is 1. The maximum Gasteiger partial charge on any atom is 0.387 e. The van der Waals surface area contributed by atoms with Crippen LogP contribution in [0.4, 0.5) is 14.6 Å². The molecule has 1 heterocycles. The molecule has 2 aromatic rings. The Morgan fingerprint density at radius 2 is 1.78 bits per heavy atom. The topological polar surface area (TPSA) is 73.1 Å². The molecular formula is C11H10F2N4O. The van der Waals surface area contributed by atoms with Crippen LogP contribution in [0.1, 0.15) is 0 Å². The molecule has 0 atom stereocenters. The lowest BCUT2D eigenvalue weighted by Crippen LogP contribution is -2.10. The number of hydrazine groups is 1. The zero-order valence-corrected chi connectivity index (χ0v) is 9.18. The zero-order valence-electron chi connectivity index (χ0n) is 9.18. The molecule has 0 spiro atoms. The minimum absolute atomic E-state index is 0.0832. The molecule has 0 radical (unpaired) electrons. The number of nitrogen functional groups attached to an aromatic ring is 1. The van der Waals surface area contributed by atoms with E-state index in [0.29, 0.717) is 17.1 Å². The fourth-order valence-corrected chi connectivity index (χ4v) is 1.45. The van der Waals surface area contributed by atoms with Gasteiger partial charge in [0.1, 0.15) is 11.4 Å². The van der Waals surface area contributed by atoms with Crippen molar-refractivity contribution in [3.05, 3.63) is 36.7 Å². The quantitative estimate of drug-likeness (QED) is 0.643. The molecule has 0 unspecified atom stereocenters. The maximum atomic E-state index is 12.0. The van der Waals surface area contributed by atoms with E-state index in [-0.39, 0.29) is 5.75 Å². The van der Waals surface area contributed by atoms with Crippen molar-refractivity contribution in [1.29, 1.82) is 0 Å². The van der Waals surface area contributed by atoms with Crippen LogP contribution in [-0.4, -0.2) is 16.6 Å². The van der Waals surface area contributed by atoms with Crippen LogP contribution in [0.25, 0.3) is 11.3 Å². The molecule has 1 aromatic heterocycles. The van der Waals surface area contributed by atoms with Gasteiger partial charge in [0, 0.05) is 18.0 Å². The van der Waals surface area contributed by atoms with Crippen LogP contribution >= 0.6 is 0 Å². The van der Waals surface area contributed by atoms with Gasteiger partial charge in [-0.1, -0.05) is 0 Å². The summed E-state index contributed by atoms with van der Waals surface area (Å²) in [7, 11) is 0. The summed E-state index contributed by atoms with van der Waals surface area (Å²) in [6.07, 6.45) is 3.01. The number of anilines is 1.